The number of ether oxygens (including phenoxy) is 1. The van der Waals surface area contributed by atoms with Gasteiger partial charge in [-0.25, -0.2) is 17.2 Å². The fourth-order valence-electron chi connectivity index (χ4n) is 3.17. The first-order valence-corrected chi connectivity index (χ1v) is 11.7. The van der Waals surface area contributed by atoms with Crippen molar-refractivity contribution in [3.05, 3.63) is 35.4 Å². The van der Waals surface area contributed by atoms with E-state index in [0.717, 1.165) is 19.4 Å². The molecule has 0 spiro atoms. The van der Waals surface area contributed by atoms with Gasteiger partial charge in [0.1, 0.15) is 21.5 Å². The van der Waals surface area contributed by atoms with E-state index in [4.69, 9.17) is 4.74 Å². The summed E-state index contributed by atoms with van der Waals surface area (Å²) in [6.07, 6.45) is 3.02. The van der Waals surface area contributed by atoms with E-state index in [1.165, 1.54) is 24.5 Å². The van der Waals surface area contributed by atoms with Gasteiger partial charge in [-0.05, 0) is 31.5 Å². The lowest BCUT2D eigenvalue weighted by Gasteiger charge is -2.34. The molecule has 172 valence electrons. The molecule has 2 rings (SSSR count). The summed E-state index contributed by atoms with van der Waals surface area (Å²) in [7, 11) is -1.36. The molecule has 30 heavy (non-hydrogen) atoms. The van der Waals surface area contributed by atoms with E-state index in [-0.39, 0.29) is 54.5 Å². The van der Waals surface area contributed by atoms with Crippen molar-refractivity contribution in [3.8, 4) is 0 Å². The fraction of sp³-hybridized carbons (Fsp3) is 0.632. The molecule has 0 aromatic heterocycles. The second-order valence-electron chi connectivity index (χ2n) is 7.16. The summed E-state index contributed by atoms with van der Waals surface area (Å²) in [6.45, 7) is 2.68. The largest absolute Gasteiger partial charge is 0.379 e. The maximum atomic E-state index is 13.9. The molecule has 1 aliphatic rings. The molecule has 11 heteroatoms. The Morgan fingerprint density at radius 3 is 2.63 bits per heavy atom. The molecule has 7 nitrogen and oxygen atoms in total. The number of piperidine rings is 1. The Morgan fingerprint density at radius 2 is 2.00 bits per heavy atom. The maximum absolute atomic E-state index is 13.9. The normalized spacial score (nSPS) is 18.0. The first-order valence-electron chi connectivity index (χ1n) is 9.66. The Bertz CT molecular complexity index is 776. The van der Waals surface area contributed by atoms with Gasteiger partial charge in [-0.1, -0.05) is 6.07 Å². The van der Waals surface area contributed by atoms with Crippen molar-refractivity contribution in [2.24, 2.45) is 4.99 Å². The monoisotopic (exact) mass is 560 g/mol. The molecule has 2 N–H and O–H groups in total. The van der Waals surface area contributed by atoms with Gasteiger partial charge < -0.3 is 15.4 Å². The number of hydrogen-bond acceptors (Lipinski definition) is 5. The zero-order valence-corrected chi connectivity index (χ0v) is 20.5. The number of likely N-dealkylation sites (tertiary alicyclic amines) is 1. The number of benzene rings is 1. The van der Waals surface area contributed by atoms with Crippen LogP contribution in [0.25, 0.3) is 0 Å². The number of guanidine groups is 1. The predicted molar refractivity (Wildman–Crippen MR) is 125 cm³/mol. The van der Waals surface area contributed by atoms with Gasteiger partial charge in [-0.2, -0.15) is 0 Å². The van der Waals surface area contributed by atoms with Crippen LogP contribution in [-0.2, 0) is 21.1 Å². The van der Waals surface area contributed by atoms with Crippen LogP contribution in [0.15, 0.2) is 23.2 Å². The summed E-state index contributed by atoms with van der Waals surface area (Å²) in [5, 5.41) is 6.45. The quantitative estimate of drug-likeness (QED) is 0.208. The van der Waals surface area contributed by atoms with Crippen LogP contribution < -0.4 is 10.6 Å². The Kier molecular flexibility index (Phi) is 12.0. The Hall–Kier alpha value is -1.05. The van der Waals surface area contributed by atoms with Crippen LogP contribution in [0.3, 0.4) is 0 Å². The third-order valence-corrected chi connectivity index (χ3v) is 5.56. The molecule has 0 amide bonds. The summed E-state index contributed by atoms with van der Waals surface area (Å²) in [5.74, 6) is -0.428. The predicted octanol–water partition coefficient (Wildman–Crippen LogP) is 1.77. The van der Waals surface area contributed by atoms with E-state index in [1.54, 1.807) is 7.05 Å². The highest BCUT2D eigenvalue weighted by Gasteiger charge is 2.22. The Balaban J connectivity index is 0.00000450. The lowest BCUT2D eigenvalue weighted by atomic mass is 10.0. The zero-order valence-electron chi connectivity index (χ0n) is 17.4. The molecule has 0 radical (unpaired) electrons. The SMILES string of the molecule is CN=C(NCCOCCS(C)(=O)=O)NC1CCCN(Cc2c(F)cccc2F)C1.I. The average Bonchev–Trinajstić information content (AvgIpc) is 2.66. The van der Waals surface area contributed by atoms with Crippen LogP contribution in [0.2, 0.25) is 0 Å². The third-order valence-electron chi connectivity index (χ3n) is 4.65. The Labute approximate surface area is 194 Å². The lowest BCUT2D eigenvalue weighted by Crippen LogP contribution is -2.51. The molecule has 1 heterocycles. The minimum Gasteiger partial charge on any atom is -0.379 e. The van der Waals surface area contributed by atoms with Crippen LogP contribution in [0.1, 0.15) is 18.4 Å². The molecule has 1 saturated heterocycles. The van der Waals surface area contributed by atoms with Gasteiger partial charge in [0.25, 0.3) is 0 Å². The van der Waals surface area contributed by atoms with Crippen molar-refractivity contribution in [2.45, 2.75) is 25.4 Å². The number of halogens is 3. The van der Waals surface area contributed by atoms with Gasteiger partial charge in [0, 0.05) is 44.5 Å². The number of sulfone groups is 1. The average molecular weight is 560 g/mol. The molecule has 1 atom stereocenters. The van der Waals surface area contributed by atoms with Crippen molar-refractivity contribution in [1.29, 1.82) is 0 Å². The highest BCUT2D eigenvalue weighted by Crippen LogP contribution is 2.18. The van der Waals surface area contributed by atoms with Gasteiger partial charge in [-0.3, -0.25) is 9.89 Å². The minimum absolute atomic E-state index is 0. The molecule has 1 unspecified atom stereocenters. The number of hydrogen-bond donors (Lipinski definition) is 2. The van der Waals surface area contributed by atoms with E-state index in [2.05, 4.69) is 15.6 Å². The number of rotatable bonds is 9. The molecule has 1 aromatic carbocycles. The number of nitrogens with one attached hydrogen (secondary N) is 2. The van der Waals surface area contributed by atoms with Gasteiger partial charge >= 0.3 is 0 Å². The maximum Gasteiger partial charge on any atom is 0.191 e. The van der Waals surface area contributed by atoms with E-state index < -0.39 is 21.5 Å². The summed E-state index contributed by atoms with van der Waals surface area (Å²) in [5.41, 5.74) is 0.0990. The molecule has 1 fully saturated rings. The zero-order chi connectivity index (χ0) is 21.3. The van der Waals surface area contributed by atoms with Crippen LogP contribution >= 0.6 is 24.0 Å². The second-order valence-corrected chi connectivity index (χ2v) is 9.42. The molecule has 1 aromatic rings. The van der Waals surface area contributed by atoms with Crippen molar-refractivity contribution in [3.63, 3.8) is 0 Å². The van der Waals surface area contributed by atoms with Crippen LogP contribution in [0.5, 0.6) is 0 Å². The standard InChI is InChI=1S/C19H30F2N4O3S.HI/c1-22-19(23-8-10-28-11-12-29(2,26)27)24-15-5-4-9-25(13-15)14-16-17(20)6-3-7-18(16)21;/h3,6-7,15H,4-5,8-14H2,1-2H3,(H2,22,23,24);1H. The van der Waals surface area contributed by atoms with E-state index in [9.17, 15) is 17.2 Å². The summed E-state index contributed by atoms with van der Waals surface area (Å²) < 4.78 is 55.2. The molecule has 0 aliphatic carbocycles. The molecule has 0 saturated carbocycles. The highest BCUT2D eigenvalue weighted by molar-refractivity contribution is 14.0. The first-order chi connectivity index (χ1) is 13.8. The second kappa shape index (κ2) is 13.4. The summed E-state index contributed by atoms with van der Waals surface area (Å²) in [4.78, 5) is 6.21. The van der Waals surface area contributed by atoms with Crippen molar-refractivity contribution < 1.29 is 21.9 Å². The lowest BCUT2D eigenvalue weighted by molar-refractivity contribution is 0.153. The van der Waals surface area contributed by atoms with E-state index in [1.807, 2.05) is 4.90 Å². The molecular weight excluding hydrogens is 529 g/mol. The number of nitrogens with zero attached hydrogens (tertiary/aromatic N) is 2. The van der Waals surface area contributed by atoms with Gasteiger partial charge in [0.15, 0.2) is 5.96 Å². The van der Waals surface area contributed by atoms with Gasteiger partial charge in [-0.15, -0.1) is 24.0 Å². The number of aliphatic imine (C=N–C) groups is 1. The summed E-state index contributed by atoms with van der Waals surface area (Å²) in [6, 6.07) is 4.04. The fourth-order valence-corrected chi connectivity index (χ4v) is 3.59. The van der Waals surface area contributed by atoms with Crippen molar-refractivity contribution in [1.82, 2.24) is 15.5 Å². The highest BCUT2D eigenvalue weighted by atomic mass is 127. The third kappa shape index (κ3) is 9.84. The van der Waals surface area contributed by atoms with E-state index >= 15 is 0 Å². The topological polar surface area (TPSA) is 83.0 Å². The van der Waals surface area contributed by atoms with Gasteiger partial charge in [0.05, 0.1) is 19.0 Å². The summed E-state index contributed by atoms with van der Waals surface area (Å²) >= 11 is 0. The smallest absolute Gasteiger partial charge is 0.191 e. The Morgan fingerprint density at radius 1 is 1.30 bits per heavy atom. The molecular formula is C19H31F2IN4O3S. The van der Waals surface area contributed by atoms with Crippen molar-refractivity contribution >= 4 is 39.8 Å². The van der Waals surface area contributed by atoms with E-state index in [0.29, 0.717) is 25.7 Å². The molecule has 1 aliphatic heterocycles. The van der Waals surface area contributed by atoms with Crippen LogP contribution in [0, 0.1) is 11.6 Å². The minimum atomic E-state index is -3.02. The first kappa shape index (κ1) is 27.0. The van der Waals surface area contributed by atoms with Crippen molar-refractivity contribution in [2.75, 3.05) is 51.9 Å². The van der Waals surface area contributed by atoms with Gasteiger partial charge in [0.2, 0.25) is 0 Å². The van der Waals surface area contributed by atoms with Crippen LogP contribution in [0.4, 0.5) is 8.78 Å². The molecule has 0 bridgehead atoms. The van der Waals surface area contributed by atoms with Crippen LogP contribution in [-0.4, -0.2) is 77.2 Å².